The number of hydrogen-bond donors (Lipinski definition) is 0. The molecule has 0 saturated carbocycles. The first-order chi connectivity index (χ1) is 11.0. The second kappa shape index (κ2) is 6.35. The zero-order chi connectivity index (χ0) is 16.4. The predicted octanol–water partition coefficient (Wildman–Crippen LogP) is 3.87. The minimum Gasteiger partial charge on any atom is -0.345 e. The number of nitrogens with zero attached hydrogens (tertiary/aromatic N) is 2. The van der Waals surface area contributed by atoms with Gasteiger partial charge in [-0.15, -0.1) is 0 Å². The quantitative estimate of drug-likeness (QED) is 0.798. The van der Waals surface area contributed by atoms with Gasteiger partial charge in [0.1, 0.15) is 0 Å². The number of alkyl halides is 3. The minimum absolute atomic E-state index is 0.258. The van der Waals surface area contributed by atoms with Crippen molar-refractivity contribution in [2.75, 3.05) is 19.6 Å². The zero-order valence-electron chi connectivity index (χ0n) is 12.8. The van der Waals surface area contributed by atoms with E-state index >= 15 is 0 Å². The molecule has 0 atom stereocenters. The smallest absolute Gasteiger partial charge is 0.345 e. The molecule has 1 aromatic heterocycles. The fraction of sp³-hybridized carbons (Fsp3) is 0.471. The van der Waals surface area contributed by atoms with Gasteiger partial charge in [-0.25, -0.2) is 0 Å². The maximum Gasteiger partial charge on any atom is 0.454 e. The Morgan fingerprint density at radius 3 is 2.43 bits per heavy atom. The molecule has 2 heterocycles. The number of Topliss-reactive ketones (excluding diaryl/α,β-unsaturated/α-hetero) is 1. The first-order valence-corrected chi connectivity index (χ1v) is 7.88. The molecule has 0 aliphatic carbocycles. The molecular weight excluding hydrogens is 305 g/mol. The molecule has 0 N–H and O–H groups in total. The van der Waals surface area contributed by atoms with Crippen LogP contribution in [0, 0.1) is 0 Å². The van der Waals surface area contributed by atoms with Gasteiger partial charge in [-0.1, -0.05) is 24.6 Å². The number of likely N-dealkylation sites (tertiary alicyclic amines) is 1. The van der Waals surface area contributed by atoms with Crippen molar-refractivity contribution in [1.29, 1.82) is 0 Å². The molecule has 1 saturated heterocycles. The Labute approximate surface area is 132 Å². The van der Waals surface area contributed by atoms with Gasteiger partial charge in [0.2, 0.25) is 0 Å². The molecule has 1 fully saturated rings. The van der Waals surface area contributed by atoms with Crippen molar-refractivity contribution >= 4 is 16.7 Å². The molecule has 2 aromatic rings. The molecule has 1 aliphatic rings. The molecule has 6 heteroatoms. The average molecular weight is 324 g/mol. The summed E-state index contributed by atoms with van der Waals surface area (Å²) in [5.41, 5.74) is 0.420. The summed E-state index contributed by atoms with van der Waals surface area (Å²) in [4.78, 5) is 14.0. The van der Waals surface area contributed by atoms with E-state index in [-0.39, 0.29) is 5.56 Å². The van der Waals surface area contributed by atoms with Crippen LogP contribution in [-0.2, 0) is 6.54 Å². The van der Waals surface area contributed by atoms with Crippen molar-refractivity contribution in [2.24, 2.45) is 0 Å². The molecule has 3 nitrogen and oxygen atoms in total. The summed E-state index contributed by atoms with van der Waals surface area (Å²) in [7, 11) is 0. The van der Waals surface area contributed by atoms with E-state index in [4.69, 9.17) is 0 Å². The van der Waals surface area contributed by atoms with Crippen LogP contribution in [0.4, 0.5) is 13.2 Å². The first kappa shape index (κ1) is 16.1. The molecule has 0 amide bonds. The maximum atomic E-state index is 12.8. The standard InChI is InChI=1S/C17H19F3N2O/c18-17(19,20)16(23)14-12-22(15-7-3-2-6-13(14)15)11-10-21-8-4-1-5-9-21/h2-3,6-7,12H,1,4-5,8-11H2. The third kappa shape index (κ3) is 3.42. The van der Waals surface area contributed by atoms with Gasteiger partial charge in [-0.05, 0) is 32.0 Å². The van der Waals surface area contributed by atoms with Gasteiger partial charge in [0.05, 0.1) is 5.56 Å². The van der Waals surface area contributed by atoms with Crippen molar-refractivity contribution in [3.05, 3.63) is 36.0 Å². The number of halogens is 3. The maximum absolute atomic E-state index is 12.8. The normalized spacial score (nSPS) is 16.8. The number of aromatic nitrogens is 1. The van der Waals surface area contributed by atoms with Crippen LogP contribution < -0.4 is 0 Å². The lowest BCUT2D eigenvalue weighted by atomic mass is 10.1. The van der Waals surface area contributed by atoms with Crippen molar-refractivity contribution in [3.63, 3.8) is 0 Å². The number of benzene rings is 1. The Hall–Kier alpha value is -1.82. The van der Waals surface area contributed by atoms with Crippen LogP contribution in [0.1, 0.15) is 29.6 Å². The molecule has 0 unspecified atom stereocenters. The van der Waals surface area contributed by atoms with Crippen LogP contribution in [0.25, 0.3) is 10.9 Å². The van der Waals surface area contributed by atoms with Crippen LogP contribution in [-0.4, -0.2) is 41.1 Å². The van der Waals surface area contributed by atoms with Gasteiger partial charge < -0.3 is 9.47 Å². The molecule has 124 valence electrons. The summed E-state index contributed by atoms with van der Waals surface area (Å²) < 4.78 is 40.1. The summed E-state index contributed by atoms with van der Waals surface area (Å²) in [5.74, 6) is -1.77. The van der Waals surface area contributed by atoms with Gasteiger partial charge in [0, 0.05) is 30.2 Å². The Balaban J connectivity index is 1.87. The Morgan fingerprint density at radius 1 is 1.04 bits per heavy atom. The lowest BCUT2D eigenvalue weighted by Gasteiger charge is -2.26. The van der Waals surface area contributed by atoms with Crippen LogP contribution >= 0.6 is 0 Å². The summed E-state index contributed by atoms with van der Waals surface area (Å²) in [6.07, 6.45) is 0.0912. The topological polar surface area (TPSA) is 25.2 Å². The summed E-state index contributed by atoms with van der Waals surface area (Å²) >= 11 is 0. The highest BCUT2D eigenvalue weighted by molar-refractivity contribution is 6.10. The van der Waals surface area contributed by atoms with Crippen LogP contribution in [0.3, 0.4) is 0 Å². The van der Waals surface area contributed by atoms with E-state index in [0.29, 0.717) is 17.4 Å². The average Bonchev–Trinajstić information content (AvgIpc) is 2.91. The van der Waals surface area contributed by atoms with E-state index in [2.05, 4.69) is 4.90 Å². The largest absolute Gasteiger partial charge is 0.454 e. The van der Waals surface area contributed by atoms with Crippen LogP contribution in [0.15, 0.2) is 30.5 Å². The molecule has 1 aliphatic heterocycles. The molecule has 0 spiro atoms. The van der Waals surface area contributed by atoms with Gasteiger partial charge in [-0.3, -0.25) is 4.79 Å². The molecule has 0 bridgehead atoms. The number of carbonyl (C=O) groups is 1. The van der Waals surface area contributed by atoms with Crippen molar-refractivity contribution in [2.45, 2.75) is 32.0 Å². The molecule has 23 heavy (non-hydrogen) atoms. The molecular formula is C17H19F3N2O. The third-order valence-electron chi connectivity index (χ3n) is 4.40. The zero-order valence-corrected chi connectivity index (χ0v) is 12.8. The van der Waals surface area contributed by atoms with Gasteiger partial charge in [0.25, 0.3) is 5.78 Å². The van der Waals surface area contributed by atoms with E-state index in [1.807, 2.05) is 0 Å². The SMILES string of the molecule is O=C(c1cn(CCN2CCCCC2)c2ccccc12)C(F)(F)F. The minimum atomic E-state index is -4.85. The van der Waals surface area contributed by atoms with Crippen molar-refractivity contribution in [1.82, 2.24) is 9.47 Å². The van der Waals surface area contributed by atoms with E-state index in [1.165, 1.54) is 25.5 Å². The lowest BCUT2D eigenvalue weighted by molar-refractivity contribution is -0.0884. The number of fused-ring (bicyclic) bond motifs is 1. The van der Waals surface area contributed by atoms with Crippen molar-refractivity contribution in [3.8, 4) is 0 Å². The monoisotopic (exact) mass is 324 g/mol. The highest BCUT2D eigenvalue weighted by Crippen LogP contribution is 2.28. The van der Waals surface area contributed by atoms with Crippen LogP contribution in [0.5, 0.6) is 0 Å². The Kier molecular flexibility index (Phi) is 4.43. The number of carbonyl (C=O) groups excluding carboxylic acids is 1. The van der Waals surface area contributed by atoms with E-state index < -0.39 is 12.0 Å². The van der Waals surface area contributed by atoms with E-state index in [0.717, 1.165) is 19.6 Å². The Bertz CT molecular complexity index is 699. The highest BCUT2D eigenvalue weighted by atomic mass is 19.4. The number of rotatable bonds is 4. The third-order valence-corrected chi connectivity index (χ3v) is 4.40. The highest BCUT2D eigenvalue weighted by Gasteiger charge is 2.40. The van der Waals surface area contributed by atoms with E-state index in [1.54, 1.807) is 28.8 Å². The van der Waals surface area contributed by atoms with Crippen molar-refractivity contribution < 1.29 is 18.0 Å². The first-order valence-electron chi connectivity index (χ1n) is 7.88. The van der Waals surface area contributed by atoms with E-state index in [9.17, 15) is 18.0 Å². The number of para-hydroxylation sites is 1. The molecule has 1 aromatic carbocycles. The summed E-state index contributed by atoms with van der Waals surface area (Å²) in [5, 5.41) is 0.369. The van der Waals surface area contributed by atoms with Gasteiger partial charge in [0.15, 0.2) is 0 Å². The lowest BCUT2D eigenvalue weighted by Crippen LogP contribution is -2.32. The molecule has 3 rings (SSSR count). The fourth-order valence-electron chi connectivity index (χ4n) is 3.20. The summed E-state index contributed by atoms with van der Waals surface area (Å²) in [6.45, 7) is 3.45. The number of hydrogen-bond acceptors (Lipinski definition) is 2. The van der Waals surface area contributed by atoms with Crippen LogP contribution in [0.2, 0.25) is 0 Å². The predicted molar refractivity (Wildman–Crippen MR) is 82.6 cm³/mol. The second-order valence-electron chi connectivity index (χ2n) is 5.98. The van der Waals surface area contributed by atoms with Gasteiger partial charge >= 0.3 is 6.18 Å². The number of ketones is 1. The number of piperidine rings is 1. The summed E-state index contributed by atoms with van der Waals surface area (Å²) in [6, 6.07) is 6.77. The van der Waals surface area contributed by atoms with Gasteiger partial charge in [-0.2, -0.15) is 13.2 Å². The fourth-order valence-corrected chi connectivity index (χ4v) is 3.20. The second-order valence-corrected chi connectivity index (χ2v) is 5.98. The Morgan fingerprint density at radius 2 is 1.74 bits per heavy atom. The molecule has 0 radical (unpaired) electrons.